The predicted molar refractivity (Wildman–Crippen MR) is 69.3 cm³/mol. The molecule has 3 rings (SSSR count). The van der Waals surface area contributed by atoms with Crippen LogP contribution in [-0.4, -0.2) is 22.1 Å². The molecule has 1 amide bonds. The maximum absolute atomic E-state index is 11.5. The monoisotopic (exact) mass is 246 g/mol. The number of carbonyl (C=O) groups is 1. The van der Waals surface area contributed by atoms with E-state index < -0.39 is 0 Å². The molecule has 0 aliphatic heterocycles. The standard InChI is InChI=1S/C13H18N4O/c18-13(9-5-6-9)15-12-8-7-11(16-17-12)14-10-3-1-2-4-10/h7-10H,1-6H2,(H,14,16)(H,15,17,18). The van der Waals surface area contributed by atoms with Crippen molar-refractivity contribution < 1.29 is 4.79 Å². The highest BCUT2D eigenvalue weighted by Gasteiger charge is 2.29. The van der Waals surface area contributed by atoms with Gasteiger partial charge in [-0.05, 0) is 37.8 Å². The van der Waals surface area contributed by atoms with Crippen LogP contribution in [0.5, 0.6) is 0 Å². The number of nitrogens with zero attached hydrogens (tertiary/aromatic N) is 2. The van der Waals surface area contributed by atoms with Gasteiger partial charge in [-0.25, -0.2) is 0 Å². The van der Waals surface area contributed by atoms with Crippen LogP contribution in [-0.2, 0) is 4.79 Å². The minimum absolute atomic E-state index is 0.0702. The van der Waals surface area contributed by atoms with E-state index in [1.165, 1.54) is 25.7 Å². The molecule has 0 radical (unpaired) electrons. The number of aromatic nitrogens is 2. The Morgan fingerprint density at radius 3 is 2.33 bits per heavy atom. The van der Waals surface area contributed by atoms with Crippen LogP contribution in [0, 0.1) is 5.92 Å². The fraction of sp³-hybridized carbons (Fsp3) is 0.615. The average molecular weight is 246 g/mol. The van der Waals surface area contributed by atoms with Crippen molar-refractivity contribution >= 4 is 17.5 Å². The van der Waals surface area contributed by atoms with Gasteiger partial charge in [0.2, 0.25) is 5.91 Å². The maximum atomic E-state index is 11.5. The van der Waals surface area contributed by atoms with E-state index in [1.807, 2.05) is 12.1 Å². The summed E-state index contributed by atoms with van der Waals surface area (Å²) in [6.07, 6.45) is 7.01. The molecule has 96 valence electrons. The van der Waals surface area contributed by atoms with Crippen LogP contribution in [0.4, 0.5) is 11.6 Å². The molecule has 0 saturated heterocycles. The van der Waals surface area contributed by atoms with Crippen LogP contribution < -0.4 is 10.6 Å². The normalized spacial score (nSPS) is 19.8. The molecule has 2 aliphatic carbocycles. The number of anilines is 2. The largest absolute Gasteiger partial charge is 0.366 e. The Morgan fingerprint density at radius 2 is 1.72 bits per heavy atom. The molecular formula is C13H18N4O. The summed E-state index contributed by atoms with van der Waals surface area (Å²) in [6, 6.07) is 4.23. The molecule has 18 heavy (non-hydrogen) atoms. The lowest BCUT2D eigenvalue weighted by atomic mass is 10.2. The Balaban J connectivity index is 1.56. The number of amides is 1. The third kappa shape index (κ3) is 2.78. The highest BCUT2D eigenvalue weighted by molar-refractivity contribution is 5.93. The summed E-state index contributed by atoms with van der Waals surface area (Å²) >= 11 is 0. The molecule has 2 saturated carbocycles. The molecule has 1 aromatic rings. The zero-order valence-corrected chi connectivity index (χ0v) is 10.4. The minimum atomic E-state index is 0.0702. The van der Waals surface area contributed by atoms with Gasteiger partial charge in [-0.15, -0.1) is 10.2 Å². The summed E-state index contributed by atoms with van der Waals surface area (Å²) in [4.78, 5) is 11.5. The van der Waals surface area contributed by atoms with Crippen molar-refractivity contribution in [1.82, 2.24) is 10.2 Å². The Kier molecular flexibility index (Phi) is 3.13. The highest BCUT2D eigenvalue weighted by atomic mass is 16.2. The van der Waals surface area contributed by atoms with Gasteiger partial charge in [0.1, 0.15) is 5.82 Å². The van der Waals surface area contributed by atoms with Crippen LogP contribution in [0.25, 0.3) is 0 Å². The number of hydrogen-bond acceptors (Lipinski definition) is 4. The first-order valence-corrected chi connectivity index (χ1v) is 6.72. The number of carbonyl (C=O) groups excluding carboxylic acids is 1. The van der Waals surface area contributed by atoms with Crippen molar-refractivity contribution in [3.05, 3.63) is 12.1 Å². The van der Waals surface area contributed by atoms with Gasteiger partial charge < -0.3 is 10.6 Å². The van der Waals surface area contributed by atoms with Crippen molar-refractivity contribution in [3.63, 3.8) is 0 Å². The lowest BCUT2D eigenvalue weighted by molar-refractivity contribution is -0.117. The zero-order valence-electron chi connectivity index (χ0n) is 10.4. The quantitative estimate of drug-likeness (QED) is 0.854. The third-order valence-corrected chi connectivity index (χ3v) is 3.57. The van der Waals surface area contributed by atoms with Gasteiger partial charge in [0.05, 0.1) is 0 Å². The van der Waals surface area contributed by atoms with Crippen molar-refractivity contribution in [3.8, 4) is 0 Å². The van der Waals surface area contributed by atoms with Crippen molar-refractivity contribution in [2.75, 3.05) is 10.6 Å². The second-order valence-electron chi connectivity index (χ2n) is 5.19. The molecule has 0 atom stereocenters. The van der Waals surface area contributed by atoms with E-state index in [0.29, 0.717) is 11.9 Å². The smallest absolute Gasteiger partial charge is 0.228 e. The number of rotatable bonds is 4. The molecular weight excluding hydrogens is 228 g/mol. The van der Waals surface area contributed by atoms with Crippen LogP contribution in [0.15, 0.2) is 12.1 Å². The predicted octanol–water partition coefficient (Wildman–Crippen LogP) is 2.18. The molecule has 1 heterocycles. The first-order chi connectivity index (χ1) is 8.81. The van der Waals surface area contributed by atoms with Crippen molar-refractivity contribution in [2.45, 2.75) is 44.6 Å². The SMILES string of the molecule is O=C(Nc1ccc(NC2CCCC2)nn1)C1CC1. The van der Waals surface area contributed by atoms with E-state index in [2.05, 4.69) is 20.8 Å². The molecule has 0 spiro atoms. The maximum Gasteiger partial charge on any atom is 0.228 e. The summed E-state index contributed by atoms with van der Waals surface area (Å²) in [5, 5.41) is 14.3. The lowest BCUT2D eigenvalue weighted by Gasteiger charge is -2.12. The fourth-order valence-electron chi connectivity index (χ4n) is 2.33. The van der Waals surface area contributed by atoms with Crippen LogP contribution in [0.1, 0.15) is 38.5 Å². The first kappa shape index (κ1) is 11.4. The first-order valence-electron chi connectivity index (χ1n) is 6.72. The van der Waals surface area contributed by atoms with E-state index in [-0.39, 0.29) is 11.8 Å². The topological polar surface area (TPSA) is 66.9 Å². The highest BCUT2D eigenvalue weighted by Crippen LogP contribution is 2.29. The third-order valence-electron chi connectivity index (χ3n) is 3.57. The Hall–Kier alpha value is -1.65. The number of hydrogen-bond donors (Lipinski definition) is 2. The Labute approximate surface area is 106 Å². The van der Waals surface area contributed by atoms with Gasteiger partial charge in [-0.2, -0.15) is 0 Å². The molecule has 5 nitrogen and oxygen atoms in total. The molecule has 2 fully saturated rings. The van der Waals surface area contributed by atoms with Crippen molar-refractivity contribution in [2.24, 2.45) is 5.92 Å². The van der Waals surface area contributed by atoms with E-state index in [4.69, 9.17) is 0 Å². The van der Waals surface area contributed by atoms with Crippen LogP contribution in [0.2, 0.25) is 0 Å². The summed E-state index contributed by atoms with van der Waals surface area (Å²) < 4.78 is 0. The molecule has 1 aromatic heterocycles. The summed E-state index contributed by atoms with van der Waals surface area (Å²) in [5.74, 6) is 1.61. The van der Waals surface area contributed by atoms with Gasteiger partial charge in [-0.1, -0.05) is 12.8 Å². The Bertz CT molecular complexity index is 421. The number of nitrogens with one attached hydrogen (secondary N) is 2. The van der Waals surface area contributed by atoms with Gasteiger partial charge in [0.25, 0.3) is 0 Å². The average Bonchev–Trinajstić information content (AvgIpc) is 3.11. The second-order valence-corrected chi connectivity index (χ2v) is 5.19. The van der Waals surface area contributed by atoms with E-state index in [9.17, 15) is 4.79 Å². The molecule has 2 N–H and O–H groups in total. The van der Waals surface area contributed by atoms with Crippen LogP contribution >= 0.6 is 0 Å². The van der Waals surface area contributed by atoms with Crippen LogP contribution in [0.3, 0.4) is 0 Å². The molecule has 0 bridgehead atoms. The van der Waals surface area contributed by atoms with E-state index >= 15 is 0 Å². The molecule has 0 unspecified atom stereocenters. The molecule has 0 aromatic carbocycles. The van der Waals surface area contributed by atoms with E-state index in [1.54, 1.807) is 0 Å². The summed E-state index contributed by atoms with van der Waals surface area (Å²) in [6.45, 7) is 0. The second kappa shape index (κ2) is 4.92. The fourth-order valence-corrected chi connectivity index (χ4v) is 2.33. The van der Waals surface area contributed by atoms with Crippen molar-refractivity contribution in [1.29, 1.82) is 0 Å². The zero-order chi connectivity index (χ0) is 12.4. The molecule has 5 heteroatoms. The minimum Gasteiger partial charge on any atom is -0.366 e. The summed E-state index contributed by atoms with van der Waals surface area (Å²) in [5.41, 5.74) is 0. The summed E-state index contributed by atoms with van der Waals surface area (Å²) in [7, 11) is 0. The van der Waals surface area contributed by atoms with Gasteiger partial charge >= 0.3 is 0 Å². The Morgan fingerprint density at radius 1 is 1.06 bits per heavy atom. The lowest BCUT2D eigenvalue weighted by Crippen LogP contribution is -2.17. The van der Waals surface area contributed by atoms with Gasteiger partial charge in [0.15, 0.2) is 5.82 Å². The molecule has 2 aliphatic rings. The van der Waals surface area contributed by atoms with Gasteiger partial charge in [-0.3, -0.25) is 4.79 Å². The van der Waals surface area contributed by atoms with Gasteiger partial charge in [0, 0.05) is 12.0 Å². The van der Waals surface area contributed by atoms with E-state index in [0.717, 1.165) is 18.7 Å².